The molecule has 0 fully saturated rings. The molecule has 0 saturated heterocycles. The summed E-state index contributed by atoms with van der Waals surface area (Å²) in [5.74, 6) is -2.12. The van der Waals surface area contributed by atoms with E-state index in [-0.39, 0.29) is 0 Å². The first-order valence-electron chi connectivity index (χ1n) is 5.78. The maximum Gasteiger partial charge on any atom is 0.331 e. The Labute approximate surface area is 127 Å². The molecule has 0 saturated carbocycles. The molecular formula is C10H16O10S2. The van der Waals surface area contributed by atoms with Gasteiger partial charge < -0.3 is 9.47 Å². The zero-order valence-electron chi connectivity index (χ0n) is 11.7. The molecule has 0 aliphatic rings. The second-order valence-electron chi connectivity index (χ2n) is 4.24. The maximum atomic E-state index is 11.1. The Morgan fingerprint density at radius 1 is 0.864 bits per heavy atom. The molecule has 0 rings (SSSR count). The van der Waals surface area contributed by atoms with Crippen molar-refractivity contribution < 1.29 is 45.0 Å². The van der Waals surface area contributed by atoms with E-state index in [1.165, 1.54) is 0 Å². The van der Waals surface area contributed by atoms with Crippen molar-refractivity contribution in [3.8, 4) is 0 Å². The summed E-state index contributed by atoms with van der Waals surface area (Å²) < 4.78 is 68.7. The van der Waals surface area contributed by atoms with Gasteiger partial charge in [0.25, 0.3) is 20.2 Å². The SMILES string of the molecule is CC(COC(=O)/C=C/C(=O)OCC(C)S(=O)(=O)O)S(=O)(=O)O. The quantitative estimate of drug-likeness (QED) is 0.318. The smallest absolute Gasteiger partial charge is 0.331 e. The molecule has 0 aromatic heterocycles. The lowest BCUT2D eigenvalue weighted by atomic mass is 10.4. The van der Waals surface area contributed by atoms with Gasteiger partial charge in [-0.3, -0.25) is 9.11 Å². The number of hydrogen-bond donors (Lipinski definition) is 2. The summed E-state index contributed by atoms with van der Waals surface area (Å²) in [4.78, 5) is 22.3. The van der Waals surface area contributed by atoms with E-state index < -0.39 is 55.9 Å². The molecule has 0 bridgehead atoms. The average molecular weight is 360 g/mol. The molecule has 0 amide bonds. The predicted octanol–water partition coefficient (Wildman–Crippen LogP) is -0.818. The molecule has 128 valence electrons. The van der Waals surface area contributed by atoms with Crippen molar-refractivity contribution in [3.63, 3.8) is 0 Å². The minimum absolute atomic E-state index is 0.614. The largest absolute Gasteiger partial charge is 0.461 e. The number of carbonyl (C=O) groups excluding carboxylic acids is 2. The summed E-state index contributed by atoms with van der Waals surface area (Å²) in [6, 6.07) is 0. The molecule has 0 spiro atoms. The minimum Gasteiger partial charge on any atom is -0.461 e. The molecule has 0 aromatic carbocycles. The van der Waals surface area contributed by atoms with Crippen molar-refractivity contribution in [2.45, 2.75) is 24.3 Å². The van der Waals surface area contributed by atoms with E-state index in [9.17, 15) is 26.4 Å². The number of ether oxygens (including phenoxy) is 2. The van der Waals surface area contributed by atoms with Gasteiger partial charge in [-0.05, 0) is 13.8 Å². The Bertz CT molecular complexity index is 575. The van der Waals surface area contributed by atoms with Crippen LogP contribution in [0.5, 0.6) is 0 Å². The Morgan fingerprint density at radius 3 is 1.36 bits per heavy atom. The first-order chi connectivity index (χ1) is 9.84. The van der Waals surface area contributed by atoms with Gasteiger partial charge in [0.1, 0.15) is 23.7 Å². The Morgan fingerprint density at radius 2 is 1.14 bits per heavy atom. The second kappa shape index (κ2) is 8.22. The van der Waals surface area contributed by atoms with Crippen LogP contribution in [0.4, 0.5) is 0 Å². The number of esters is 2. The highest BCUT2D eigenvalue weighted by molar-refractivity contribution is 7.86. The fourth-order valence-corrected chi connectivity index (χ4v) is 1.28. The Hall–Kier alpha value is -1.50. The van der Waals surface area contributed by atoms with Crippen LogP contribution in [0.1, 0.15) is 13.8 Å². The zero-order chi connectivity index (χ0) is 17.6. The number of carbonyl (C=O) groups is 2. The summed E-state index contributed by atoms with van der Waals surface area (Å²) in [5, 5.41) is -2.65. The fourth-order valence-electron chi connectivity index (χ4n) is 0.803. The van der Waals surface area contributed by atoms with E-state index in [1.54, 1.807) is 0 Å². The van der Waals surface area contributed by atoms with Crippen LogP contribution in [0, 0.1) is 0 Å². The summed E-state index contributed by atoms with van der Waals surface area (Å²) in [6.45, 7) is 0.988. The molecule has 0 aliphatic heterocycles. The van der Waals surface area contributed by atoms with Gasteiger partial charge in [-0.2, -0.15) is 16.8 Å². The maximum absolute atomic E-state index is 11.1. The summed E-state index contributed by atoms with van der Waals surface area (Å²) >= 11 is 0. The van der Waals surface area contributed by atoms with Crippen molar-refractivity contribution in [2.75, 3.05) is 13.2 Å². The average Bonchev–Trinajstić information content (AvgIpc) is 2.37. The lowest BCUT2D eigenvalue weighted by Crippen LogP contribution is -2.24. The second-order valence-corrected chi connectivity index (χ2v) is 7.91. The molecule has 0 heterocycles. The molecule has 0 aliphatic carbocycles. The van der Waals surface area contributed by atoms with Crippen molar-refractivity contribution in [3.05, 3.63) is 12.2 Å². The fraction of sp³-hybridized carbons (Fsp3) is 0.600. The minimum atomic E-state index is -4.34. The van der Waals surface area contributed by atoms with Gasteiger partial charge in [-0.25, -0.2) is 9.59 Å². The third-order valence-electron chi connectivity index (χ3n) is 2.29. The molecular weight excluding hydrogens is 344 g/mol. The van der Waals surface area contributed by atoms with Gasteiger partial charge in [0.05, 0.1) is 0 Å². The topological polar surface area (TPSA) is 161 Å². The highest BCUT2D eigenvalue weighted by atomic mass is 32.2. The van der Waals surface area contributed by atoms with Crippen LogP contribution < -0.4 is 0 Å². The third kappa shape index (κ3) is 8.71. The van der Waals surface area contributed by atoms with Crippen LogP contribution in [-0.2, 0) is 39.3 Å². The first-order valence-corrected chi connectivity index (χ1v) is 8.79. The normalized spacial score (nSPS) is 15.3. The summed E-state index contributed by atoms with van der Waals surface area (Å²) in [5.41, 5.74) is 0. The molecule has 10 nitrogen and oxygen atoms in total. The van der Waals surface area contributed by atoms with Gasteiger partial charge in [0.15, 0.2) is 0 Å². The van der Waals surface area contributed by atoms with Crippen LogP contribution >= 0.6 is 0 Å². The Kier molecular flexibility index (Phi) is 7.66. The van der Waals surface area contributed by atoms with Crippen molar-refractivity contribution in [1.29, 1.82) is 0 Å². The molecule has 2 atom stereocenters. The van der Waals surface area contributed by atoms with E-state index in [1.807, 2.05) is 0 Å². The van der Waals surface area contributed by atoms with Gasteiger partial charge in [0, 0.05) is 12.2 Å². The van der Waals surface area contributed by atoms with Crippen LogP contribution in [0.2, 0.25) is 0 Å². The molecule has 2 N–H and O–H groups in total. The standard InChI is InChI=1S/C10H16O10S2/c1-7(21(13,14)15)5-19-9(11)3-4-10(12)20-6-8(2)22(16,17)18/h3-4,7-8H,5-6H2,1-2H3,(H,13,14,15)(H,16,17,18)/b4-3+. The van der Waals surface area contributed by atoms with Crippen LogP contribution in [0.25, 0.3) is 0 Å². The summed E-state index contributed by atoms with van der Waals surface area (Å²) in [7, 11) is -8.67. The van der Waals surface area contributed by atoms with Gasteiger partial charge in [-0.1, -0.05) is 0 Å². The van der Waals surface area contributed by atoms with Gasteiger partial charge >= 0.3 is 11.9 Å². The van der Waals surface area contributed by atoms with Crippen molar-refractivity contribution in [1.82, 2.24) is 0 Å². The van der Waals surface area contributed by atoms with E-state index in [4.69, 9.17) is 9.11 Å². The molecule has 0 radical (unpaired) electrons. The molecule has 0 aromatic rings. The van der Waals surface area contributed by atoms with Gasteiger partial charge in [-0.15, -0.1) is 0 Å². The van der Waals surface area contributed by atoms with Crippen LogP contribution in [0.3, 0.4) is 0 Å². The van der Waals surface area contributed by atoms with Crippen LogP contribution in [0.15, 0.2) is 12.2 Å². The van der Waals surface area contributed by atoms with E-state index in [0.717, 1.165) is 13.8 Å². The first kappa shape index (κ1) is 20.5. The van der Waals surface area contributed by atoms with E-state index in [0.29, 0.717) is 12.2 Å². The van der Waals surface area contributed by atoms with Crippen LogP contribution in [-0.4, -0.2) is 61.6 Å². The van der Waals surface area contributed by atoms with E-state index >= 15 is 0 Å². The van der Waals surface area contributed by atoms with Crippen molar-refractivity contribution >= 4 is 32.2 Å². The number of rotatable bonds is 8. The molecule has 22 heavy (non-hydrogen) atoms. The third-order valence-corrected chi connectivity index (χ3v) is 4.60. The molecule has 2 unspecified atom stereocenters. The van der Waals surface area contributed by atoms with Gasteiger partial charge in [0.2, 0.25) is 0 Å². The predicted molar refractivity (Wildman–Crippen MR) is 73.1 cm³/mol. The highest BCUT2D eigenvalue weighted by Gasteiger charge is 2.20. The lowest BCUT2D eigenvalue weighted by molar-refractivity contribution is -0.140. The monoisotopic (exact) mass is 360 g/mol. The lowest BCUT2D eigenvalue weighted by Gasteiger charge is -2.08. The Balaban J connectivity index is 4.26. The molecule has 12 heteroatoms. The highest BCUT2D eigenvalue weighted by Crippen LogP contribution is 2.00. The van der Waals surface area contributed by atoms with Crippen molar-refractivity contribution in [2.24, 2.45) is 0 Å². The zero-order valence-corrected chi connectivity index (χ0v) is 13.3. The number of hydrogen-bond acceptors (Lipinski definition) is 8. The van der Waals surface area contributed by atoms with E-state index in [2.05, 4.69) is 9.47 Å². The summed E-state index contributed by atoms with van der Waals surface area (Å²) in [6.07, 6.45) is 1.27.